The fourth-order valence-electron chi connectivity index (χ4n) is 2.50. The largest absolute Gasteiger partial charge is 0.356 e. The maximum Gasteiger partial charge on any atom is 0.191 e. The minimum Gasteiger partial charge on any atom is -0.356 e. The molecule has 0 amide bonds. The van der Waals surface area contributed by atoms with Crippen LogP contribution >= 0.6 is 24.0 Å². The van der Waals surface area contributed by atoms with Crippen LogP contribution < -0.4 is 10.6 Å². The molecule has 2 rings (SSSR count). The first-order chi connectivity index (χ1) is 12.0. The summed E-state index contributed by atoms with van der Waals surface area (Å²) in [5.74, 6) is 0.212. The number of halogens is 2. The molecule has 0 spiro atoms. The van der Waals surface area contributed by atoms with Crippen LogP contribution in [0.3, 0.4) is 0 Å². The third-order valence-corrected chi connectivity index (χ3v) is 3.79. The lowest BCUT2D eigenvalue weighted by atomic mass is 10.1. The highest BCUT2D eigenvalue weighted by Crippen LogP contribution is 2.09. The van der Waals surface area contributed by atoms with Crippen molar-refractivity contribution in [2.24, 2.45) is 4.99 Å². The molecule has 8 heteroatoms. The van der Waals surface area contributed by atoms with Crippen molar-refractivity contribution in [2.45, 2.75) is 33.4 Å². The SMILES string of the molecule is CN=C(NCCCn1nc(C)cc1C)NCc1ccc(C#N)cc1F.I. The van der Waals surface area contributed by atoms with Crippen molar-refractivity contribution in [1.82, 2.24) is 20.4 Å². The highest BCUT2D eigenvalue weighted by molar-refractivity contribution is 14.0. The number of nitrogens with one attached hydrogen (secondary N) is 2. The molecule has 0 radical (unpaired) electrons. The van der Waals surface area contributed by atoms with Gasteiger partial charge in [-0.25, -0.2) is 4.39 Å². The quantitative estimate of drug-likeness (QED) is 0.295. The van der Waals surface area contributed by atoms with Gasteiger partial charge in [0.15, 0.2) is 5.96 Å². The smallest absolute Gasteiger partial charge is 0.191 e. The fourth-order valence-corrected chi connectivity index (χ4v) is 2.50. The molecule has 0 saturated carbocycles. The van der Waals surface area contributed by atoms with E-state index < -0.39 is 5.82 Å². The van der Waals surface area contributed by atoms with Crippen molar-refractivity contribution in [1.29, 1.82) is 5.26 Å². The third-order valence-electron chi connectivity index (χ3n) is 3.79. The van der Waals surface area contributed by atoms with Gasteiger partial charge in [0.05, 0.1) is 17.3 Å². The molecule has 0 aliphatic rings. The maximum atomic E-state index is 13.9. The number of guanidine groups is 1. The second-order valence-corrected chi connectivity index (χ2v) is 5.77. The molecule has 140 valence electrons. The topological polar surface area (TPSA) is 78.0 Å². The Hall–Kier alpha value is -2.15. The van der Waals surface area contributed by atoms with Gasteiger partial charge in [0.25, 0.3) is 0 Å². The van der Waals surface area contributed by atoms with Gasteiger partial charge >= 0.3 is 0 Å². The van der Waals surface area contributed by atoms with Crippen LogP contribution in [0.5, 0.6) is 0 Å². The van der Waals surface area contributed by atoms with Crippen LogP contribution in [0.15, 0.2) is 29.3 Å². The lowest BCUT2D eigenvalue weighted by Gasteiger charge is -2.12. The predicted molar refractivity (Wildman–Crippen MR) is 111 cm³/mol. The van der Waals surface area contributed by atoms with Gasteiger partial charge in [-0.1, -0.05) is 6.07 Å². The second-order valence-electron chi connectivity index (χ2n) is 5.77. The normalized spacial score (nSPS) is 10.8. The van der Waals surface area contributed by atoms with Crippen molar-refractivity contribution >= 4 is 29.9 Å². The number of rotatable bonds is 6. The molecule has 0 aliphatic carbocycles. The van der Waals surface area contributed by atoms with Crippen LogP contribution in [0, 0.1) is 31.0 Å². The average molecular weight is 470 g/mol. The van der Waals surface area contributed by atoms with Gasteiger partial charge in [0, 0.05) is 37.9 Å². The molecule has 0 fully saturated rings. The van der Waals surface area contributed by atoms with Gasteiger partial charge < -0.3 is 10.6 Å². The van der Waals surface area contributed by atoms with E-state index in [9.17, 15) is 4.39 Å². The Morgan fingerprint density at radius 2 is 2.08 bits per heavy atom. The molecule has 0 atom stereocenters. The lowest BCUT2D eigenvalue weighted by Crippen LogP contribution is -2.37. The number of aliphatic imine (C=N–C) groups is 1. The fraction of sp³-hybridized carbons (Fsp3) is 0.389. The summed E-state index contributed by atoms with van der Waals surface area (Å²) in [5, 5.41) is 19.5. The van der Waals surface area contributed by atoms with Gasteiger partial charge in [-0.3, -0.25) is 9.67 Å². The number of hydrogen-bond acceptors (Lipinski definition) is 3. The number of nitriles is 1. The van der Waals surface area contributed by atoms with Crippen LogP contribution in [0.25, 0.3) is 0 Å². The highest BCUT2D eigenvalue weighted by Gasteiger charge is 2.05. The van der Waals surface area contributed by atoms with Gasteiger partial charge in [0.2, 0.25) is 0 Å². The Labute approximate surface area is 170 Å². The standard InChI is InChI=1S/C18H23FN6.HI/c1-13-9-14(2)25(24-13)8-4-7-22-18(21-3)23-12-16-6-5-15(11-20)10-17(16)19;/h5-6,9-10H,4,7-8,12H2,1-3H3,(H2,21,22,23);1H. The average Bonchev–Trinajstić information content (AvgIpc) is 2.92. The van der Waals surface area contributed by atoms with Crippen molar-refractivity contribution in [2.75, 3.05) is 13.6 Å². The van der Waals surface area contributed by atoms with Crippen molar-refractivity contribution < 1.29 is 4.39 Å². The molecular weight excluding hydrogens is 446 g/mol. The molecule has 1 aromatic heterocycles. The van der Waals surface area contributed by atoms with Crippen molar-refractivity contribution in [3.63, 3.8) is 0 Å². The lowest BCUT2D eigenvalue weighted by molar-refractivity contribution is 0.554. The summed E-state index contributed by atoms with van der Waals surface area (Å²) in [6.07, 6.45) is 0.897. The Morgan fingerprint density at radius 3 is 2.65 bits per heavy atom. The van der Waals surface area contributed by atoms with E-state index in [4.69, 9.17) is 5.26 Å². The summed E-state index contributed by atoms with van der Waals surface area (Å²) < 4.78 is 15.8. The molecule has 0 saturated heterocycles. The van der Waals surface area contributed by atoms with Crippen LogP contribution in [0.2, 0.25) is 0 Å². The van der Waals surface area contributed by atoms with E-state index in [0.717, 1.165) is 30.9 Å². The highest BCUT2D eigenvalue weighted by atomic mass is 127. The van der Waals surface area contributed by atoms with Crippen LogP contribution in [0.1, 0.15) is 28.9 Å². The van der Waals surface area contributed by atoms with Crippen molar-refractivity contribution in [3.05, 3.63) is 52.6 Å². The summed E-state index contributed by atoms with van der Waals surface area (Å²) in [6.45, 7) is 5.88. The zero-order valence-electron chi connectivity index (χ0n) is 15.2. The minimum absolute atomic E-state index is 0. The third kappa shape index (κ3) is 6.29. The number of benzene rings is 1. The van der Waals surface area contributed by atoms with Crippen LogP contribution in [-0.2, 0) is 13.1 Å². The molecule has 2 aromatic rings. The molecule has 0 bridgehead atoms. The Kier molecular flexibility index (Phi) is 9.05. The summed E-state index contributed by atoms with van der Waals surface area (Å²) >= 11 is 0. The molecule has 2 N–H and O–H groups in total. The monoisotopic (exact) mass is 470 g/mol. The van der Waals surface area contributed by atoms with Crippen LogP contribution in [0.4, 0.5) is 4.39 Å². The second kappa shape index (κ2) is 10.8. The number of aromatic nitrogens is 2. The van der Waals surface area contributed by atoms with E-state index in [1.165, 1.54) is 6.07 Å². The van der Waals surface area contributed by atoms with Crippen LogP contribution in [-0.4, -0.2) is 29.3 Å². The molecule has 1 heterocycles. The summed E-state index contributed by atoms with van der Waals surface area (Å²) in [5.41, 5.74) is 2.97. The zero-order valence-corrected chi connectivity index (χ0v) is 17.5. The molecule has 0 aliphatic heterocycles. The Bertz CT molecular complexity index is 793. The number of aryl methyl sites for hydroxylation is 3. The Morgan fingerprint density at radius 1 is 1.31 bits per heavy atom. The first-order valence-electron chi connectivity index (χ1n) is 8.17. The minimum atomic E-state index is -0.397. The number of nitrogens with zero attached hydrogens (tertiary/aromatic N) is 4. The molecule has 26 heavy (non-hydrogen) atoms. The van der Waals surface area contributed by atoms with E-state index >= 15 is 0 Å². The zero-order chi connectivity index (χ0) is 18.2. The van der Waals surface area contributed by atoms with E-state index in [-0.39, 0.29) is 24.0 Å². The van der Waals surface area contributed by atoms with Gasteiger partial charge in [-0.05, 0) is 38.5 Å². The van der Waals surface area contributed by atoms with E-state index in [0.29, 0.717) is 23.6 Å². The molecular formula is C18H24FIN6. The number of hydrogen-bond donors (Lipinski definition) is 2. The summed E-state index contributed by atoms with van der Waals surface area (Å²) in [6, 6.07) is 8.42. The first-order valence-corrected chi connectivity index (χ1v) is 8.17. The first kappa shape index (κ1) is 21.9. The van der Waals surface area contributed by atoms with E-state index in [1.807, 2.05) is 24.6 Å². The Balaban J connectivity index is 0.00000338. The maximum absolute atomic E-state index is 13.9. The predicted octanol–water partition coefficient (Wildman–Crippen LogP) is 2.88. The molecule has 1 aromatic carbocycles. The molecule has 0 unspecified atom stereocenters. The van der Waals surface area contributed by atoms with Crippen molar-refractivity contribution in [3.8, 4) is 6.07 Å². The van der Waals surface area contributed by atoms with Gasteiger partial charge in [-0.15, -0.1) is 24.0 Å². The van der Waals surface area contributed by atoms with Gasteiger partial charge in [-0.2, -0.15) is 10.4 Å². The van der Waals surface area contributed by atoms with E-state index in [2.05, 4.69) is 26.8 Å². The summed E-state index contributed by atoms with van der Waals surface area (Å²) in [4.78, 5) is 4.13. The molecule has 6 nitrogen and oxygen atoms in total. The van der Waals surface area contributed by atoms with E-state index in [1.54, 1.807) is 19.2 Å². The summed E-state index contributed by atoms with van der Waals surface area (Å²) in [7, 11) is 1.67. The van der Waals surface area contributed by atoms with Gasteiger partial charge in [0.1, 0.15) is 5.82 Å².